The summed E-state index contributed by atoms with van der Waals surface area (Å²) in [6.07, 6.45) is 7.68. The molecule has 1 aromatic heterocycles. The molecule has 0 amide bonds. The molecule has 0 saturated heterocycles. The van der Waals surface area contributed by atoms with Gasteiger partial charge >= 0.3 is 11.9 Å². The first kappa shape index (κ1) is 27.7. The monoisotopic (exact) mass is 501 g/mol. The number of ether oxygens (including phenoxy) is 3. The normalized spacial score (nSPS) is 10.5. The number of unbranched alkanes of at least 4 members (excludes halogenated alkanes) is 3. The van der Waals surface area contributed by atoms with E-state index < -0.39 is 5.97 Å². The number of aromatic nitrogens is 1. The van der Waals surface area contributed by atoms with Crippen LogP contribution in [-0.2, 0) is 16.0 Å². The highest BCUT2D eigenvalue weighted by Gasteiger charge is 2.10. The Morgan fingerprint density at radius 3 is 2.14 bits per heavy atom. The van der Waals surface area contributed by atoms with Gasteiger partial charge in [-0.2, -0.15) is 0 Å². The molecule has 0 aliphatic carbocycles. The van der Waals surface area contributed by atoms with E-state index in [2.05, 4.69) is 24.6 Å². The molecule has 194 valence electrons. The highest BCUT2D eigenvalue weighted by atomic mass is 16.5. The Hall–Kier alpha value is -3.93. The van der Waals surface area contributed by atoms with Crippen molar-refractivity contribution in [1.82, 2.24) is 4.98 Å². The summed E-state index contributed by atoms with van der Waals surface area (Å²) < 4.78 is 16.3. The van der Waals surface area contributed by atoms with Crippen LogP contribution in [0.3, 0.4) is 0 Å². The fourth-order valence-electron chi connectivity index (χ4n) is 3.61. The number of carbonyl (C=O) groups excluding carboxylic acids is 2. The fourth-order valence-corrected chi connectivity index (χ4v) is 3.61. The fraction of sp³-hybridized carbons (Fsp3) is 0.323. The molecule has 0 aliphatic heterocycles. The third kappa shape index (κ3) is 9.22. The second-order valence-electron chi connectivity index (χ2n) is 8.92. The number of hydrogen-bond acceptors (Lipinski definition) is 6. The van der Waals surface area contributed by atoms with Crippen LogP contribution in [0.25, 0.3) is 11.3 Å². The third-order valence-corrected chi connectivity index (χ3v) is 5.70. The molecule has 37 heavy (non-hydrogen) atoms. The van der Waals surface area contributed by atoms with Crippen molar-refractivity contribution in [3.63, 3.8) is 0 Å². The number of pyridine rings is 1. The van der Waals surface area contributed by atoms with Gasteiger partial charge in [-0.1, -0.05) is 26.0 Å². The number of hydrogen-bond donors (Lipinski definition) is 0. The Bertz CT molecular complexity index is 1150. The molecule has 0 radical (unpaired) electrons. The highest BCUT2D eigenvalue weighted by Crippen LogP contribution is 2.22. The summed E-state index contributed by atoms with van der Waals surface area (Å²) in [6, 6.07) is 18.4. The smallest absolute Gasteiger partial charge is 0.343 e. The minimum Gasteiger partial charge on any atom is -0.494 e. The molecule has 0 fully saturated rings. The van der Waals surface area contributed by atoms with E-state index in [4.69, 9.17) is 14.2 Å². The third-order valence-electron chi connectivity index (χ3n) is 5.70. The van der Waals surface area contributed by atoms with Gasteiger partial charge in [0.25, 0.3) is 0 Å². The Labute approximate surface area is 219 Å². The largest absolute Gasteiger partial charge is 0.494 e. The van der Waals surface area contributed by atoms with Crippen LogP contribution in [0.15, 0.2) is 79.0 Å². The van der Waals surface area contributed by atoms with Crippen LogP contribution >= 0.6 is 0 Å². The number of aryl methyl sites for hydroxylation is 1. The molecular weight excluding hydrogens is 466 g/mol. The van der Waals surface area contributed by atoms with Crippen LogP contribution in [0.2, 0.25) is 0 Å². The Morgan fingerprint density at radius 2 is 1.51 bits per heavy atom. The molecule has 3 rings (SSSR count). The molecule has 0 unspecified atom stereocenters. The first-order valence-corrected chi connectivity index (χ1v) is 12.8. The van der Waals surface area contributed by atoms with E-state index in [0.717, 1.165) is 49.8 Å². The predicted octanol–water partition coefficient (Wildman–Crippen LogP) is 6.98. The summed E-state index contributed by atoms with van der Waals surface area (Å²) in [6.45, 7) is 8.34. The molecule has 0 saturated carbocycles. The molecule has 6 nitrogen and oxygen atoms in total. The summed E-state index contributed by atoms with van der Waals surface area (Å²) >= 11 is 0. The van der Waals surface area contributed by atoms with Gasteiger partial charge in [0.1, 0.15) is 11.5 Å². The van der Waals surface area contributed by atoms with Crippen LogP contribution in [0.1, 0.15) is 61.9 Å². The topological polar surface area (TPSA) is 74.7 Å². The lowest BCUT2D eigenvalue weighted by Crippen LogP contribution is -2.08. The molecule has 0 spiro atoms. The lowest BCUT2D eigenvalue weighted by Gasteiger charge is -2.08. The number of benzene rings is 2. The van der Waals surface area contributed by atoms with E-state index in [9.17, 15) is 9.59 Å². The van der Waals surface area contributed by atoms with Gasteiger partial charge in [0.2, 0.25) is 0 Å². The van der Waals surface area contributed by atoms with Crippen molar-refractivity contribution in [1.29, 1.82) is 0 Å². The van der Waals surface area contributed by atoms with Crippen molar-refractivity contribution >= 4 is 11.9 Å². The van der Waals surface area contributed by atoms with Crippen LogP contribution < -0.4 is 9.47 Å². The van der Waals surface area contributed by atoms with Crippen molar-refractivity contribution in [3.05, 3.63) is 90.1 Å². The van der Waals surface area contributed by atoms with Gasteiger partial charge in [-0.25, -0.2) is 9.59 Å². The zero-order valence-electron chi connectivity index (χ0n) is 21.7. The maximum Gasteiger partial charge on any atom is 0.343 e. The van der Waals surface area contributed by atoms with Crippen molar-refractivity contribution in [2.24, 2.45) is 0 Å². The molecule has 3 aromatic rings. The zero-order chi connectivity index (χ0) is 26.5. The maximum atomic E-state index is 12.5. The number of rotatable bonds is 14. The Balaban J connectivity index is 1.38. The molecule has 0 atom stereocenters. The average molecular weight is 502 g/mol. The summed E-state index contributed by atoms with van der Waals surface area (Å²) in [5.41, 5.74) is 3.95. The van der Waals surface area contributed by atoms with Gasteiger partial charge in [-0.05, 0) is 99.2 Å². The van der Waals surface area contributed by atoms with Crippen molar-refractivity contribution in [3.8, 4) is 22.8 Å². The van der Waals surface area contributed by atoms with Gasteiger partial charge in [-0.15, -0.1) is 0 Å². The number of nitrogens with zero attached hydrogens (tertiary/aromatic N) is 1. The summed E-state index contributed by atoms with van der Waals surface area (Å²) in [5, 5.41) is 0. The second kappa shape index (κ2) is 14.6. The van der Waals surface area contributed by atoms with E-state index in [1.807, 2.05) is 24.4 Å². The van der Waals surface area contributed by atoms with Gasteiger partial charge in [0.15, 0.2) is 0 Å². The van der Waals surface area contributed by atoms with Crippen LogP contribution in [0, 0.1) is 0 Å². The van der Waals surface area contributed by atoms with E-state index >= 15 is 0 Å². The summed E-state index contributed by atoms with van der Waals surface area (Å²) in [5.74, 6) is 0.420. The number of esters is 2. The summed E-state index contributed by atoms with van der Waals surface area (Å²) in [7, 11) is 0. The predicted molar refractivity (Wildman–Crippen MR) is 145 cm³/mol. The molecule has 1 heterocycles. The minimum atomic E-state index is -0.423. The Morgan fingerprint density at radius 1 is 0.838 bits per heavy atom. The standard InChI is InChI=1S/C31H35NO5/c1-4-9-24-10-19-29(32-22-24)25-11-17-28(18-12-25)37-31(34)26-13-15-27(16-14-26)35-20-7-5-6-8-21-36-30(33)23(2)3/h10-19,22H,2,4-9,20-21H2,1,3H3. The molecular formula is C31H35NO5. The van der Waals surface area contributed by atoms with Gasteiger partial charge < -0.3 is 14.2 Å². The van der Waals surface area contributed by atoms with Crippen LogP contribution in [0.5, 0.6) is 11.5 Å². The molecule has 0 N–H and O–H groups in total. The van der Waals surface area contributed by atoms with E-state index in [1.165, 1.54) is 5.56 Å². The van der Waals surface area contributed by atoms with E-state index in [-0.39, 0.29) is 5.97 Å². The molecule has 2 aromatic carbocycles. The lowest BCUT2D eigenvalue weighted by atomic mass is 10.1. The molecule has 0 bridgehead atoms. The van der Waals surface area contributed by atoms with E-state index in [0.29, 0.717) is 35.8 Å². The van der Waals surface area contributed by atoms with Gasteiger partial charge in [0, 0.05) is 17.3 Å². The van der Waals surface area contributed by atoms with Gasteiger partial charge in [0.05, 0.1) is 24.5 Å². The average Bonchev–Trinajstić information content (AvgIpc) is 2.91. The maximum absolute atomic E-state index is 12.5. The highest BCUT2D eigenvalue weighted by molar-refractivity contribution is 5.91. The lowest BCUT2D eigenvalue weighted by molar-refractivity contribution is -0.139. The molecule has 0 aliphatic rings. The van der Waals surface area contributed by atoms with Crippen molar-refractivity contribution in [2.45, 2.75) is 52.4 Å². The van der Waals surface area contributed by atoms with Gasteiger partial charge in [-0.3, -0.25) is 4.98 Å². The zero-order valence-corrected chi connectivity index (χ0v) is 21.7. The quantitative estimate of drug-likeness (QED) is 0.103. The Kier molecular flexibility index (Phi) is 10.9. The second-order valence-corrected chi connectivity index (χ2v) is 8.92. The van der Waals surface area contributed by atoms with Crippen molar-refractivity contribution in [2.75, 3.05) is 13.2 Å². The first-order valence-electron chi connectivity index (χ1n) is 12.8. The number of carbonyl (C=O) groups is 2. The van der Waals surface area contributed by atoms with Crippen molar-refractivity contribution < 1.29 is 23.8 Å². The van der Waals surface area contributed by atoms with Crippen LogP contribution in [0.4, 0.5) is 0 Å². The van der Waals surface area contributed by atoms with E-state index in [1.54, 1.807) is 43.3 Å². The SMILES string of the molecule is C=C(C)C(=O)OCCCCCCOc1ccc(C(=O)Oc2ccc(-c3ccc(CCC)cn3)cc2)cc1. The van der Waals surface area contributed by atoms with Crippen LogP contribution in [-0.4, -0.2) is 30.1 Å². The summed E-state index contributed by atoms with van der Waals surface area (Å²) in [4.78, 5) is 28.4. The minimum absolute atomic E-state index is 0.338. The first-order chi connectivity index (χ1) is 18.0. The molecule has 6 heteroatoms.